The molecule has 0 saturated carbocycles. The summed E-state index contributed by atoms with van der Waals surface area (Å²) in [5, 5.41) is 23.1. The molecule has 0 spiro atoms. The Labute approximate surface area is 405 Å². The molecule has 0 fully saturated rings. The Balaban J connectivity index is 3.46. The van der Waals surface area contributed by atoms with Crippen LogP contribution in [0.4, 0.5) is 0 Å². The van der Waals surface area contributed by atoms with Crippen molar-refractivity contribution in [1.29, 1.82) is 0 Å². The molecule has 1 amide bonds. The number of amides is 1. The second-order valence-corrected chi connectivity index (χ2v) is 20.0. The van der Waals surface area contributed by atoms with Crippen LogP contribution in [-0.4, -0.2) is 47.4 Å². The number of nitrogens with one attached hydrogen (secondary N) is 1. The van der Waals surface area contributed by atoms with Gasteiger partial charge in [-0.15, -0.1) is 0 Å². The summed E-state index contributed by atoms with van der Waals surface area (Å²) in [5.41, 5.74) is 0. The summed E-state index contributed by atoms with van der Waals surface area (Å²) < 4.78 is 5.48. The predicted octanol–water partition coefficient (Wildman–Crippen LogP) is 17.9. The largest absolute Gasteiger partial charge is 0.466 e. The van der Waals surface area contributed by atoms with Crippen LogP contribution in [0.25, 0.3) is 0 Å². The second kappa shape index (κ2) is 54.9. The van der Waals surface area contributed by atoms with E-state index in [1.54, 1.807) is 6.08 Å². The Morgan fingerprint density at radius 1 is 0.415 bits per heavy atom. The van der Waals surface area contributed by atoms with Gasteiger partial charge in [0.15, 0.2) is 0 Å². The Morgan fingerprint density at radius 3 is 1.09 bits per heavy atom. The van der Waals surface area contributed by atoms with E-state index < -0.39 is 12.1 Å². The van der Waals surface area contributed by atoms with E-state index in [0.29, 0.717) is 19.4 Å². The summed E-state index contributed by atoms with van der Waals surface area (Å²) in [5.74, 6) is -0.0779. The smallest absolute Gasteiger partial charge is 0.305 e. The van der Waals surface area contributed by atoms with E-state index >= 15 is 0 Å². The van der Waals surface area contributed by atoms with Crippen molar-refractivity contribution < 1.29 is 24.5 Å². The molecule has 6 nitrogen and oxygen atoms in total. The molecule has 0 bridgehead atoms. The molecule has 0 aliphatic heterocycles. The summed E-state index contributed by atoms with van der Waals surface area (Å²) >= 11 is 0. The second-order valence-electron chi connectivity index (χ2n) is 20.0. The van der Waals surface area contributed by atoms with Gasteiger partial charge in [0.2, 0.25) is 5.91 Å². The lowest BCUT2D eigenvalue weighted by atomic mass is 10.0. The quantitative estimate of drug-likeness (QED) is 0.0321. The molecule has 0 rings (SSSR count). The van der Waals surface area contributed by atoms with Gasteiger partial charge in [-0.05, 0) is 57.8 Å². The molecule has 0 radical (unpaired) electrons. The van der Waals surface area contributed by atoms with Gasteiger partial charge in [-0.25, -0.2) is 0 Å². The highest BCUT2D eigenvalue weighted by Crippen LogP contribution is 2.17. The zero-order valence-corrected chi connectivity index (χ0v) is 43.7. The van der Waals surface area contributed by atoms with Gasteiger partial charge in [0.25, 0.3) is 0 Å². The fraction of sp³-hybridized carbons (Fsp3) is 0.898. The number of unbranched alkanes of at least 4 members (excludes halogenated alkanes) is 41. The van der Waals surface area contributed by atoms with Crippen LogP contribution in [0.15, 0.2) is 24.3 Å². The lowest BCUT2D eigenvalue weighted by Crippen LogP contribution is -2.45. The highest BCUT2D eigenvalue weighted by Gasteiger charge is 2.18. The number of hydrogen-bond acceptors (Lipinski definition) is 5. The Morgan fingerprint density at radius 2 is 0.723 bits per heavy atom. The predicted molar refractivity (Wildman–Crippen MR) is 283 cm³/mol. The molecule has 3 N–H and O–H groups in total. The number of hydrogen-bond donors (Lipinski definition) is 3. The minimum absolute atomic E-state index is 0.000832. The van der Waals surface area contributed by atoms with E-state index in [-0.39, 0.29) is 18.5 Å². The third-order valence-electron chi connectivity index (χ3n) is 13.5. The molecule has 0 aromatic rings. The zero-order chi connectivity index (χ0) is 47.2. The van der Waals surface area contributed by atoms with Gasteiger partial charge in [0.1, 0.15) is 0 Å². The minimum Gasteiger partial charge on any atom is -0.466 e. The van der Waals surface area contributed by atoms with Crippen molar-refractivity contribution in [2.75, 3.05) is 13.2 Å². The van der Waals surface area contributed by atoms with Crippen LogP contribution < -0.4 is 5.32 Å². The standard InChI is InChI=1S/C59H113NO5/c1-3-5-7-9-11-13-15-17-19-25-29-33-37-41-45-49-53-59(64)65-54-50-46-42-38-34-30-26-22-20-21-24-28-32-36-40-44-48-52-58(63)60-56(55-61)57(62)51-47-43-39-35-31-27-23-18-16-14-12-10-8-6-4-2/h20,22,47,51,56-57,61-62H,3-19,21,23-46,48-50,52-55H2,1-2H3,(H,60,63)/b22-20-,51-47+. The average Bonchev–Trinajstić information content (AvgIpc) is 3.31. The van der Waals surface area contributed by atoms with Crippen LogP contribution in [0.2, 0.25) is 0 Å². The van der Waals surface area contributed by atoms with Crippen molar-refractivity contribution in [3.8, 4) is 0 Å². The number of carbonyl (C=O) groups excluding carboxylic acids is 2. The molecular formula is C59H113NO5. The van der Waals surface area contributed by atoms with E-state index in [0.717, 1.165) is 57.8 Å². The fourth-order valence-electron chi connectivity index (χ4n) is 8.98. The highest BCUT2D eigenvalue weighted by atomic mass is 16.5. The number of ether oxygens (including phenoxy) is 1. The van der Waals surface area contributed by atoms with Crippen molar-refractivity contribution in [3.05, 3.63) is 24.3 Å². The van der Waals surface area contributed by atoms with E-state index in [4.69, 9.17) is 4.74 Å². The number of aliphatic hydroxyl groups excluding tert-OH is 2. The van der Waals surface area contributed by atoms with Gasteiger partial charge in [-0.1, -0.05) is 269 Å². The molecule has 384 valence electrons. The van der Waals surface area contributed by atoms with Gasteiger partial charge in [0.05, 0.1) is 25.4 Å². The maximum Gasteiger partial charge on any atom is 0.305 e. The van der Waals surface area contributed by atoms with Gasteiger partial charge in [-0.3, -0.25) is 9.59 Å². The van der Waals surface area contributed by atoms with E-state index in [1.807, 2.05) is 6.08 Å². The number of rotatable bonds is 54. The van der Waals surface area contributed by atoms with Crippen LogP contribution in [0, 0.1) is 0 Å². The van der Waals surface area contributed by atoms with Crippen LogP contribution in [0.5, 0.6) is 0 Å². The molecule has 0 aromatic carbocycles. The number of aliphatic hydroxyl groups is 2. The Hall–Kier alpha value is -1.66. The van der Waals surface area contributed by atoms with E-state index in [1.165, 1.54) is 231 Å². The number of allylic oxidation sites excluding steroid dienone is 3. The first-order chi connectivity index (χ1) is 32.0. The molecule has 6 heteroatoms. The van der Waals surface area contributed by atoms with Crippen LogP contribution >= 0.6 is 0 Å². The molecular weight excluding hydrogens is 803 g/mol. The van der Waals surface area contributed by atoms with Crippen LogP contribution in [-0.2, 0) is 14.3 Å². The Kier molecular flexibility index (Phi) is 53.5. The van der Waals surface area contributed by atoms with E-state index in [2.05, 4.69) is 31.3 Å². The van der Waals surface area contributed by atoms with Gasteiger partial charge in [-0.2, -0.15) is 0 Å². The van der Waals surface area contributed by atoms with Crippen LogP contribution in [0.3, 0.4) is 0 Å². The molecule has 0 aliphatic carbocycles. The monoisotopic (exact) mass is 916 g/mol. The third kappa shape index (κ3) is 51.6. The third-order valence-corrected chi connectivity index (χ3v) is 13.5. The van der Waals surface area contributed by atoms with Gasteiger partial charge in [0, 0.05) is 12.8 Å². The zero-order valence-electron chi connectivity index (χ0n) is 43.7. The van der Waals surface area contributed by atoms with Crippen molar-refractivity contribution in [2.45, 2.75) is 328 Å². The van der Waals surface area contributed by atoms with Crippen molar-refractivity contribution in [2.24, 2.45) is 0 Å². The van der Waals surface area contributed by atoms with Crippen molar-refractivity contribution in [1.82, 2.24) is 5.32 Å². The molecule has 0 heterocycles. The molecule has 0 aliphatic rings. The summed E-state index contributed by atoms with van der Waals surface area (Å²) in [4.78, 5) is 24.5. The maximum absolute atomic E-state index is 12.4. The summed E-state index contributed by atoms with van der Waals surface area (Å²) in [6.45, 7) is 4.90. The molecule has 65 heavy (non-hydrogen) atoms. The molecule has 0 aromatic heterocycles. The molecule has 2 unspecified atom stereocenters. The van der Waals surface area contributed by atoms with Gasteiger partial charge >= 0.3 is 5.97 Å². The minimum atomic E-state index is -0.851. The summed E-state index contributed by atoms with van der Waals surface area (Å²) in [6, 6.07) is -0.636. The summed E-state index contributed by atoms with van der Waals surface area (Å²) in [7, 11) is 0. The normalized spacial score (nSPS) is 12.7. The molecule has 2 atom stereocenters. The van der Waals surface area contributed by atoms with Crippen LogP contribution in [0.1, 0.15) is 316 Å². The average molecular weight is 917 g/mol. The topological polar surface area (TPSA) is 95.9 Å². The Bertz CT molecular complexity index is 1010. The number of esters is 1. The SMILES string of the molecule is CCCCCCCCCCCCCCC/C=C/C(O)C(CO)NC(=O)CCCCCCCCC/C=C\CCCCCCCCOC(=O)CCCCCCCCCCCCCCCCCC. The van der Waals surface area contributed by atoms with Crippen molar-refractivity contribution >= 4 is 11.9 Å². The molecule has 0 saturated heterocycles. The first-order valence-electron chi connectivity index (χ1n) is 29.1. The maximum atomic E-state index is 12.4. The van der Waals surface area contributed by atoms with Crippen molar-refractivity contribution in [3.63, 3.8) is 0 Å². The highest BCUT2D eigenvalue weighted by molar-refractivity contribution is 5.76. The number of carbonyl (C=O) groups is 2. The lowest BCUT2D eigenvalue weighted by molar-refractivity contribution is -0.143. The first kappa shape index (κ1) is 63.3. The van der Waals surface area contributed by atoms with Gasteiger partial charge < -0.3 is 20.3 Å². The summed E-state index contributed by atoms with van der Waals surface area (Å²) in [6.07, 6.45) is 66.2. The lowest BCUT2D eigenvalue weighted by Gasteiger charge is -2.20. The fourth-order valence-corrected chi connectivity index (χ4v) is 8.98. The first-order valence-corrected chi connectivity index (χ1v) is 29.1. The van der Waals surface area contributed by atoms with E-state index in [9.17, 15) is 19.8 Å².